The standard InChI is InChI=1S/C42H35NO5/c1-2-25-13-17-29(18-14-25)43-40(47)32-22-21-31-34(37(32)41(43)48)23-35-39(46)33(26-9-5-3-6-10-26)24-36(45)42(35,28-11-7-4-8-12-28)38(31)27-15-19-30(44)20-16-27/h3-21,24,32,34-35,37-38,44H,2,22-23H2,1H3. The molecule has 1 saturated carbocycles. The molecule has 2 amide bonds. The Morgan fingerprint density at radius 3 is 2.10 bits per heavy atom. The van der Waals surface area contributed by atoms with Gasteiger partial charge in [-0.25, -0.2) is 0 Å². The number of hydrogen-bond donors (Lipinski definition) is 1. The van der Waals surface area contributed by atoms with Crippen molar-refractivity contribution in [1.82, 2.24) is 0 Å². The zero-order chi connectivity index (χ0) is 33.2. The van der Waals surface area contributed by atoms with Crippen LogP contribution in [0.4, 0.5) is 5.69 Å². The van der Waals surface area contributed by atoms with Crippen LogP contribution >= 0.6 is 0 Å². The number of Topliss-reactive ketones (excluding diaryl/α,β-unsaturated/α-hetero) is 1. The van der Waals surface area contributed by atoms with Crippen LogP contribution in [0.2, 0.25) is 0 Å². The molecule has 0 radical (unpaired) electrons. The van der Waals surface area contributed by atoms with E-state index in [9.17, 15) is 19.5 Å². The lowest BCUT2D eigenvalue weighted by molar-refractivity contribution is -0.135. The zero-order valence-corrected chi connectivity index (χ0v) is 26.6. The van der Waals surface area contributed by atoms with Crippen LogP contribution < -0.4 is 4.90 Å². The van der Waals surface area contributed by atoms with Crippen molar-refractivity contribution in [3.8, 4) is 5.75 Å². The van der Waals surface area contributed by atoms with E-state index in [-0.39, 0.29) is 35.6 Å². The third-order valence-electron chi connectivity index (χ3n) is 11.2. The van der Waals surface area contributed by atoms with Gasteiger partial charge < -0.3 is 5.11 Å². The molecule has 4 aromatic carbocycles. The Kier molecular flexibility index (Phi) is 7.13. The van der Waals surface area contributed by atoms with E-state index < -0.39 is 35.0 Å². The van der Waals surface area contributed by atoms with Crippen molar-refractivity contribution < 1.29 is 24.3 Å². The van der Waals surface area contributed by atoms with Crippen LogP contribution in [-0.2, 0) is 31.0 Å². The summed E-state index contributed by atoms with van der Waals surface area (Å²) in [5, 5.41) is 10.3. The second-order valence-electron chi connectivity index (χ2n) is 13.4. The van der Waals surface area contributed by atoms with Crippen LogP contribution in [0.25, 0.3) is 5.57 Å². The first-order chi connectivity index (χ1) is 23.3. The number of imide groups is 1. The van der Waals surface area contributed by atoms with Crippen LogP contribution in [0.1, 0.15) is 47.9 Å². The monoisotopic (exact) mass is 633 g/mol. The molecule has 1 N–H and O–H groups in total. The highest BCUT2D eigenvalue weighted by molar-refractivity contribution is 6.32. The number of ketones is 2. The van der Waals surface area contributed by atoms with E-state index in [2.05, 4.69) is 13.0 Å². The summed E-state index contributed by atoms with van der Waals surface area (Å²) in [5.74, 6) is -3.74. The number of phenolic OH excluding ortho intramolecular Hbond substituents is 1. The van der Waals surface area contributed by atoms with Gasteiger partial charge in [-0.3, -0.25) is 24.1 Å². The maximum Gasteiger partial charge on any atom is 0.238 e. The van der Waals surface area contributed by atoms with Gasteiger partial charge in [-0.2, -0.15) is 0 Å². The van der Waals surface area contributed by atoms with Crippen molar-refractivity contribution >= 4 is 34.6 Å². The fraction of sp³-hybridized carbons (Fsp3) is 0.238. The Hall–Kier alpha value is -5.36. The van der Waals surface area contributed by atoms with Crippen LogP contribution in [0.3, 0.4) is 0 Å². The quantitative estimate of drug-likeness (QED) is 0.189. The third kappa shape index (κ3) is 4.32. The molecule has 1 heterocycles. The molecular formula is C42H35NO5. The number of carbonyl (C=O) groups excluding carboxylic acids is 4. The molecule has 0 aromatic heterocycles. The number of allylic oxidation sites excluding steroid dienone is 4. The number of benzene rings is 4. The average Bonchev–Trinajstić information content (AvgIpc) is 3.39. The minimum atomic E-state index is -1.29. The average molecular weight is 634 g/mol. The van der Waals surface area contributed by atoms with Gasteiger partial charge in [0.05, 0.1) is 22.9 Å². The minimum Gasteiger partial charge on any atom is -0.508 e. The van der Waals surface area contributed by atoms with Crippen LogP contribution in [0, 0.1) is 23.7 Å². The highest BCUT2D eigenvalue weighted by Crippen LogP contribution is 2.63. The first-order valence-electron chi connectivity index (χ1n) is 16.7. The topological polar surface area (TPSA) is 91.8 Å². The van der Waals surface area contributed by atoms with E-state index in [0.717, 1.165) is 28.7 Å². The zero-order valence-electron chi connectivity index (χ0n) is 26.6. The third-order valence-corrected chi connectivity index (χ3v) is 11.2. The summed E-state index contributed by atoms with van der Waals surface area (Å²) in [6.07, 6.45) is 5.05. The molecule has 3 aliphatic carbocycles. The lowest BCUT2D eigenvalue weighted by Crippen LogP contribution is -2.58. The molecule has 6 heteroatoms. The second kappa shape index (κ2) is 11.4. The maximum absolute atomic E-state index is 15.0. The molecule has 4 aromatic rings. The molecule has 1 aliphatic heterocycles. The summed E-state index contributed by atoms with van der Waals surface area (Å²) in [6.45, 7) is 2.06. The van der Waals surface area contributed by atoms with E-state index in [4.69, 9.17) is 0 Å². The second-order valence-corrected chi connectivity index (χ2v) is 13.4. The Morgan fingerprint density at radius 1 is 0.771 bits per heavy atom. The van der Waals surface area contributed by atoms with Crippen LogP contribution in [-0.4, -0.2) is 28.5 Å². The Bertz CT molecular complexity index is 2010. The molecule has 8 rings (SSSR count). The summed E-state index contributed by atoms with van der Waals surface area (Å²) >= 11 is 0. The summed E-state index contributed by atoms with van der Waals surface area (Å²) in [6, 6.07) is 33.2. The van der Waals surface area contributed by atoms with E-state index >= 15 is 4.79 Å². The maximum atomic E-state index is 15.0. The summed E-state index contributed by atoms with van der Waals surface area (Å²) < 4.78 is 0. The van der Waals surface area contributed by atoms with E-state index in [1.165, 1.54) is 11.0 Å². The molecule has 1 saturated heterocycles. The largest absolute Gasteiger partial charge is 0.508 e. The van der Waals surface area contributed by atoms with Gasteiger partial charge in [0.25, 0.3) is 0 Å². The van der Waals surface area contributed by atoms with Crippen molar-refractivity contribution in [2.45, 2.75) is 37.5 Å². The number of carbonyl (C=O) groups is 4. The number of rotatable bonds is 5. The fourth-order valence-electron chi connectivity index (χ4n) is 9.05. The first kappa shape index (κ1) is 30.0. The van der Waals surface area contributed by atoms with Gasteiger partial charge in [0.1, 0.15) is 5.75 Å². The summed E-state index contributed by atoms with van der Waals surface area (Å²) in [5.41, 5.74) is 3.85. The number of aryl methyl sites for hydroxylation is 1. The van der Waals surface area contributed by atoms with E-state index in [1.807, 2.05) is 97.1 Å². The van der Waals surface area contributed by atoms with Crippen LogP contribution in [0.15, 0.2) is 127 Å². The molecule has 6 nitrogen and oxygen atoms in total. The first-order valence-corrected chi connectivity index (χ1v) is 16.7. The predicted molar refractivity (Wildman–Crippen MR) is 183 cm³/mol. The number of aromatic hydroxyl groups is 1. The highest BCUT2D eigenvalue weighted by atomic mass is 16.3. The number of nitrogens with zero attached hydrogens (tertiary/aromatic N) is 1. The van der Waals surface area contributed by atoms with Crippen LogP contribution in [0.5, 0.6) is 5.75 Å². The number of fused-ring (bicyclic) bond motifs is 4. The molecule has 2 fully saturated rings. The van der Waals surface area contributed by atoms with Gasteiger partial charge in [-0.1, -0.05) is 104 Å². The van der Waals surface area contributed by atoms with Gasteiger partial charge in [0, 0.05) is 17.4 Å². The summed E-state index contributed by atoms with van der Waals surface area (Å²) in [7, 11) is 0. The van der Waals surface area contributed by atoms with Gasteiger partial charge in [-0.15, -0.1) is 0 Å². The Morgan fingerprint density at radius 2 is 1.44 bits per heavy atom. The van der Waals surface area contributed by atoms with Gasteiger partial charge in [-0.05, 0) is 77.8 Å². The van der Waals surface area contributed by atoms with Crippen molar-refractivity contribution in [3.05, 3.63) is 149 Å². The number of hydrogen-bond acceptors (Lipinski definition) is 5. The number of anilines is 1. The molecule has 4 aliphatic rings. The van der Waals surface area contributed by atoms with Gasteiger partial charge in [0.15, 0.2) is 11.6 Å². The van der Waals surface area contributed by atoms with E-state index in [1.54, 1.807) is 12.1 Å². The van der Waals surface area contributed by atoms with Crippen molar-refractivity contribution in [1.29, 1.82) is 0 Å². The predicted octanol–water partition coefficient (Wildman–Crippen LogP) is 6.98. The SMILES string of the molecule is CCc1ccc(N2C(=O)C3CC=C4C(CC5C(=O)C(c6ccccc6)=CC(=O)C5(c5ccccc5)C4c4ccc(O)cc4)C3C2=O)cc1. The number of phenols is 1. The number of amides is 2. The summed E-state index contributed by atoms with van der Waals surface area (Å²) in [4.78, 5) is 59.8. The normalized spacial score (nSPS) is 27.9. The highest BCUT2D eigenvalue weighted by Gasteiger charge is 2.66. The Labute approximate surface area is 279 Å². The molecule has 6 unspecified atom stereocenters. The van der Waals surface area contributed by atoms with Gasteiger partial charge >= 0.3 is 0 Å². The smallest absolute Gasteiger partial charge is 0.238 e. The Balaban J connectivity index is 1.33. The van der Waals surface area contributed by atoms with E-state index in [0.29, 0.717) is 23.2 Å². The fourth-order valence-corrected chi connectivity index (χ4v) is 9.05. The molecule has 238 valence electrons. The van der Waals surface area contributed by atoms with Crippen molar-refractivity contribution in [2.75, 3.05) is 4.90 Å². The lowest BCUT2D eigenvalue weighted by Gasteiger charge is -2.55. The van der Waals surface area contributed by atoms with Gasteiger partial charge in [0.2, 0.25) is 11.8 Å². The van der Waals surface area contributed by atoms with Crippen molar-refractivity contribution in [3.63, 3.8) is 0 Å². The molecule has 0 bridgehead atoms. The van der Waals surface area contributed by atoms with Crippen molar-refractivity contribution in [2.24, 2.45) is 23.7 Å². The molecule has 6 atom stereocenters. The minimum absolute atomic E-state index is 0.0905. The lowest BCUT2D eigenvalue weighted by atomic mass is 9.44. The molecular weight excluding hydrogens is 598 g/mol. The molecule has 48 heavy (non-hydrogen) atoms. The molecule has 0 spiro atoms.